The van der Waals surface area contributed by atoms with E-state index >= 15 is 0 Å². The third kappa shape index (κ3) is 3.30. The standard InChI is InChI=1S/C11H14Br2N2O/c1-3-11(2,14)10(16)15-9-6-7(12)4-5-8(9)13/h4-6H,3,14H2,1-2H3,(H,15,16). The molecule has 0 fully saturated rings. The van der Waals surface area contributed by atoms with E-state index in [0.717, 1.165) is 8.95 Å². The SMILES string of the molecule is CCC(C)(N)C(=O)Nc1cc(Br)ccc1Br. The molecule has 0 radical (unpaired) electrons. The van der Waals surface area contributed by atoms with Crippen molar-refractivity contribution in [1.82, 2.24) is 0 Å². The zero-order valence-electron chi connectivity index (χ0n) is 9.18. The smallest absolute Gasteiger partial charge is 0.244 e. The fourth-order valence-electron chi connectivity index (χ4n) is 1.02. The molecule has 0 bridgehead atoms. The molecule has 0 aromatic heterocycles. The van der Waals surface area contributed by atoms with E-state index in [2.05, 4.69) is 37.2 Å². The summed E-state index contributed by atoms with van der Waals surface area (Å²) in [5.74, 6) is -0.186. The number of hydrogen-bond acceptors (Lipinski definition) is 2. The third-order valence-corrected chi connectivity index (χ3v) is 3.61. The first-order valence-electron chi connectivity index (χ1n) is 4.92. The summed E-state index contributed by atoms with van der Waals surface area (Å²) in [5, 5.41) is 2.80. The van der Waals surface area contributed by atoms with Crippen LogP contribution in [0.4, 0.5) is 5.69 Å². The van der Waals surface area contributed by atoms with E-state index < -0.39 is 5.54 Å². The predicted octanol–water partition coefficient (Wildman–Crippen LogP) is 3.28. The molecule has 3 N–H and O–H groups in total. The molecule has 0 aliphatic carbocycles. The lowest BCUT2D eigenvalue weighted by atomic mass is 9.99. The molecule has 1 atom stereocenters. The Kier molecular flexibility index (Phi) is 4.52. The predicted molar refractivity (Wildman–Crippen MR) is 73.4 cm³/mol. The van der Waals surface area contributed by atoms with Crippen LogP contribution < -0.4 is 11.1 Å². The van der Waals surface area contributed by atoms with Gasteiger partial charge in [0.1, 0.15) is 0 Å². The van der Waals surface area contributed by atoms with Crippen LogP contribution in [-0.4, -0.2) is 11.4 Å². The van der Waals surface area contributed by atoms with Gasteiger partial charge in [0.05, 0.1) is 11.2 Å². The molecular formula is C11H14Br2N2O. The van der Waals surface area contributed by atoms with Crippen LogP contribution in [0.2, 0.25) is 0 Å². The van der Waals surface area contributed by atoms with E-state index in [1.165, 1.54) is 0 Å². The minimum atomic E-state index is -0.845. The summed E-state index contributed by atoms with van der Waals surface area (Å²) < 4.78 is 1.73. The van der Waals surface area contributed by atoms with Crippen LogP contribution >= 0.6 is 31.9 Å². The number of amides is 1. The highest BCUT2D eigenvalue weighted by molar-refractivity contribution is 9.11. The monoisotopic (exact) mass is 348 g/mol. The molecule has 1 amide bonds. The van der Waals surface area contributed by atoms with E-state index in [9.17, 15) is 4.79 Å². The molecular weight excluding hydrogens is 336 g/mol. The summed E-state index contributed by atoms with van der Waals surface area (Å²) in [6, 6.07) is 5.58. The van der Waals surface area contributed by atoms with Crippen molar-refractivity contribution in [1.29, 1.82) is 0 Å². The molecule has 3 nitrogen and oxygen atoms in total. The maximum Gasteiger partial charge on any atom is 0.244 e. The van der Waals surface area contributed by atoms with Gasteiger partial charge in [0.15, 0.2) is 0 Å². The summed E-state index contributed by atoms with van der Waals surface area (Å²) in [6.07, 6.45) is 0.588. The molecule has 0 saturated carbocycles. The molecule has 1 aromatic rings. The molecule has 5 heteroatoms. The van der Waals surface area contributed by atoms with E-state index in [4.69, 9.17) is 5.73 Å². The Morgan fingerprint density at radius 1 is 1.50 bits per heavy atom. The van der Waals surface area contributed by atoms with Crippen LogP contribution in [0.1, 0.15) is 20.3 Å². The number of rotatable bonds is 3. The number of carbonyl (C=O) groups is 1. The Morgan fingerprint density at radius 2 is 2.12 bits per heavy atom. The van der Waals surface area contributed by atoms with Crippen LogP contribution in [0.5, 0.6) is 0 Å². The van der Waals surface area contributed by atoms with Gasteiger partial charge in [-0.15, -0.1) is 0 Å². The van der Waals surface area contributed by atoms with Gasteiger partial charge in [0.25, 0.3) is 0 Å². The van der Waals surface area contributed by atoms with Crippen molar-refractivity contribution in [3.8, 4) is 0 Å². The number of nitrogens with two attached hydrogens (primary N) is 1. The van der Waals surface area contributed by atoms with E-state index in [1.807, 2.05) is 25.1 Å². The van der Waals surface area contributed by atoms with Crippen molar-refractivity contribution in [2.45, 2.75) is 25.8 Å². The molecule has 88 valence electrons. The summed E-state index contributed by atoms with van der Waals surface area (Å²) in [5.41, 5.74) is 5.72. The zero-order valence-corrected chi connectivity index (χ0v) is 12.4. The van der Waals surface area contributed by atoms with Crippen molar-refractivity contribution in [3.05, 3.63) is 27.1 Å². The normalized spacial score (nSPS) is 14.3. The first-order chi connectivity index (χ1) is 7.36. The maximum absolute atomic E-state index is 11.9. The molecule has 0 saturated heterocycles. The number of hydrogen-bond donors (Lipinski definition) is 2. The number of halogens is 2. The van der Waals surface area contributed by atoms with Gasteiger partial charge in [-0.25, -0.2) is 0 Å². The summed E-state index contributed by atoms with van der Waals surface area (Å²) in [6.45, 7) is 3.60. The van der Waals surface area contributed by atoms with E-state index in [0.29, 0.717) is 12.1 Å². The number of carbonyl (C=O) groups excluding carboxylic acids is 1. The maximum atomic E-state index is 11.9. The Bertz CT molecular complexity index is 405. The number of anilines is 1. The van der Waals surface area contributed by atoms with Crippen molar-refractivity contribution in [3.63, 3.8) is 0 Å². The van der Waals surface area contributed by atoms with Gasteiger partial charge in [-0.3, -0.25) is 4.79 Å². The van der Waals surface area contributed by atoms with Crippen molar-refractivity contribution < 1.29 is 4.79 Å². The minimum absolute atomic E-state index is 0.186. The van der Waals surface area contributed by atoms with Crippen molar-refractivity contribution >= 4 is 43.5 Å². The van der Waals surface area contributed by atoms with Gasteiger partial charge in [0.2, 0.25) is 5.91 Å². The summed E-state index contributed by atoms with van der Waals surface area (Å²) in [4.78, 5) is 11.9. The zero-order chi connectivity index (χ0) is 12.3. The van der Waals surface area contributed by atoms with Gasteiger partial charge in [-0.1, -0.05) is 22.9 Å². The quantitative estimate of drug-likeness (QED) is 0.879. The fourth-order valence-corrected chi connectivity index (χ4v) is 1.73. The number of benzene rings is 1. The van der Waals surface area contributed by atoms with E-state index in [1.54, 1.807) is 6.92 Å². The first kappa shape index (κ1) is 13.7. The van der Waals surface area contributed by atoms with Gasteiger partial charge in [-0.05, 0) is 47.5 Å². The van der Waals surface area contributed by atoms with Crippen LogP contribution in [0.25, 0.3) is 0 Å². The molecule has 1 unspecified atom stereocenters. The summed E-state index contributed by atoms with van der Waals surface area (Å²) >= 11 is 6.72. The molecule has 16 heavy (non-hydrogen) atoms. The highest BCUT2D eigenvalue weighted by atomic mass is 79.9. The fraction of sp³-hybridized carbons (Fsp3) is 0.364. The molecule has 1 aromatic carbocycles. The largest absolute Gasteiger partial charge is 0.323 e. The van der Waals surface area contributed by atoms with Crippen LogP contribution in [0, 0.1) is 0 Å². The summed E-state index contributed by atoms with van der Waals surface area (Å²) in [7, 11) is 0. The second-order valence-corrected chi connectivity index (χ2v) is 5.62. The molecule has 0 aliphatic rings. The lowest BCUT2D eigenvalue weighted by Gasteiger charge is -2.22. The third-order valence-electron chi connectivity index (χ3n) is 2.43. The molecule has 0 spiro atoms. The van der Waals surface area contributed by atoms with E-state index in [-0.39, 0.29) is 5.91 Å². The molecule has 1 rings (SSSR count). The topological polar surface area (TPSA) is 55.1 Å². The minimum Gasteiger partial charge on any atom is -0.323 e. The van der Waals surface area contributed by atoms with Crippen LogP contribution in [0.3, 0.4) is 0 Å². The van der Waals surface area contributed by atoms with Crippen LogP contribution in [0.15, 0.2) is 27.1 Å². The first-order valence-corrected chi connectivity index (χ1v) is 6.51. The highest BCUT2D eigenvalue weighted by Gasteiger charge is 2.26. The molecule has 0 heterocycles. The van der Waals surface area contributed by atoms with Crippen molar-refractivity contribution in [2.75, 3.05) is 5.32 Å². The van der Waals surface area contributed by atoms with Crippen LogP contribution in [-0.2, 0) is 4.79 Å². The number of nitrogens with one attached hydrogen (secondary N) is 1. The Hall–Kier alpha value is -0.390. The average molecular weight is 350 g/mol. The highest BCUT2D eigenvalue weighted by Crippen LogP contribution is 2.26. The van der Waals surface area contributed by atoms with Gasteiger partial charge < -0.3 is 11.1 Å². The second kappa shape index (κ2) is 5.29. The van der Waals surface area contributed by atoms with Gasteiger partial charge in [-0.2, -0.15) is 0 Å². The van der Waals surface area contributed by atoms with Gasteiger partial charge in [0, 0.05) is 8.95 Å². The van der Waals surface area contributed by atoms with Crippen molar-refractivity contribution in [2.24, 2.45) is 5.73 Å². The lowest BCUT2D eigenvalue weighted by molar-refractivity contribution is -0.120. The Morgan fingerprint density at radius 3 is 2.69 bits per heavy atom. The average Bonchev–Trinajstić information content (AvgIpc) is 2.23. The Labute approximate surface area is 112 Å². The molecule has 0 aliphatic heterocycles. The lowest BCUT2D eigenvalue weighted by Crippen LogP contribution is -2.47. The second-order valence-electron chi connectivity index (χ2n) is 3.85. The Balaban J connectivity index is 2.89. The van der Waals surface area contributed by atoms with Gasteiger partial charge >= 0.3 is 0 Å².